The van der Waals surface area contributed by atoms with Gasteiger partial charge in [-0.05, 0) is 86.2 Å². The van der Waals surface area contributed by atoms with E-state index in [2.05, 4.69) is 71.0 Å². The summed E-state index contributed by atoms with van der Waals surface area (Å²) in [6, 6.07) is 9.65. The van der Waals surface area contributed by atoms with Crippen LogP contribution in [0.1, 0.15) is 96.1 Å². The van der Waals surface area contributed by atoms with Crippen molar-refractivity contribution < 1.29 is 0 Å². The van der Waals surface area contributed by atoms with Crippen LogP contribution in [-0.2, 0) is 0 Å². The minimum Gasteiger partial charge on any atom is -0.0914 e. The Hall–Kier alpha value is -1.04. The fraction of sp³-hybridized carbons (Fsp3) is 0.667. The molecule has 2 rings (SSSR count). The first-order valence-corrected chi connectivity index (χ1v) is 10.3. The van der Waals surface area contributed by atoms with Gasteiger partial charge in [0.15, 0.2) is 0 Å². The van der Waals surface area contributed by atoms with E-state index in [4.69, 9.17) is 0 Å². The van der Waals surface area contributed by atoms with Gasteiger partial charge in [-0.3, -0.25) is 0 Å². The Bertz CT molecular complexity index is 491. The zero-order valence-electron chi connectivity index (χ0n) is 16.6. The second-order valence-electron chi connectivity index (χ2n) is 8.17. The van der Waals surface area contributed by atoms with Crippen molar-refractivity contribution in [1.82, 2.24) is 0 Å². The van der Waals surface area contributed by atoms with Crippen molar-refractivity contribution in [2.24, 2.45) is 17.8 Å². The summed E-state index contributed by atoms with van der Waals surface area (Å²) in [5.41, 5.74) is 3.11. The molecule has 1 aliphatic carbocycles. The lowest BCUT2D eigenvalue weighted by Gasteiger charge is -2.35. The Kier molecular flexibility index (Phi) is 7.59. The van der Waals surface area contributed by atoms with Crippen LogP contribution in [0.15, 0.2) is 36.4 Å². The molecule has 0 amide bonds. The van der Waals surface area contributed by atoms with E-state index in [0.29, 0.717) is 0 Å². The molecule has 1 aromatic rings. The lowest BCUT2D eigenvalue weighted by atomic mass is 9.70. The zero-order chi connectivity index (χ0) is 17.5. The summed E-state index contributed by atoms with van der Waals surface area (Å²) in [5.74, 6) is 4.02. The molecule has 4 unspecified atom stereocenters. The van der Waals surface area contributed by atoms with Gasteiger partial charge in [0.05, 0.1) is 0 Å². The van der Waals surface area contributed by atoms with E-state index in [1.807, 2.05) is 0 Å². The molecule has 134 valence electrons. The van der Waals surface area contributed by atoms with Crippen LogP contribution in [0.25, 0.3) is 0 Å². The van der Waals surface area contributed by atoms with E-state index in [0.717, 1.165) is 29.6 Å². The molecule has 0 radical (unpaired) electrons. The van der Waals surface area contributed by atoms with Crippen LogP contribution < -0.4 is 0 Å². The van der Waals surface area contributed by atoms with E-state index < -0.39 is 0 Å². The first kappa shape index (κ1) is 19.3. The topological polar surface area (TPSA) is 0 Å². The minimum atomic E-state index is 0.735. The largest absolute Gasteiger partial charge is 0.0914 e. The average molecular weight is 327 g/mol. The van der Waals surface area contributed by atoms with Crippen molar-refractivity contribution in [3.8, 4) is 0 Å². The van der Waals surface area contributed by atoms with Crippen LogP contribution in [0.4, 0.5) is 0 Å². The maximum Gasteiger partial charge on any atom is -0.0159 e. The van der Waals surface area contributed by atoms with Gasteiger partial charge in [-0.2, -0.15) is 0 Å². The molecule has 0 heteroatoms. The second-order valence-corrected chi connectivity index (χ2v) is 8.17. The summed E-state index contributed by atoms with van der Waals surface area (Å²) in [6.45, 7) is 11.6. The molecule has 1 aromatic carbocycles. The predicted molar refractivity (Wildman–Crippen MR) is 108 cm³/mol. The molecule has 1 fully saturated rings. The summed E-state index contributed by atoms with van der Waals surface area (Å²) < 4.78 is 0. The molecule has 0 N–H and O–H groups in total. The maximum absolute atomic E-state index is 2.48. The van der Waals surface area contributed by atoms with Crippen LogP contribution in [0.3, 0.4) is 0 Å². The summed E-state index contributed by atoms with van der Waals surface area (Å²) in [5, 5.41) is 0. The van der Waals surface area contributed by atoms with Crippen LogP contribution in [0.2, 0.25) is 0 Å². The number of hydrogen-bond acceptors (Lipinski definition) is 0. The van der Waals surface area contributed by atoms with Gasteiger partial charge in [0, 0.05) is 0 Å². The van der Waals surface area contributed by atoms with E-state index in [1.165, 1.54) is 44.1 Å². The Labute approximate surface area is 150 Å². The highest BCUT2D eigenvalue weighted by Crippen LogP contribution is 2.42. The fourth-order valence-electron chi connectivity index (χ4n) is 4.80. The lowest BCUT2D eigenvalue weighted by molar-refractivity contribution is 0.207. The molecule has 0 bridgehead atoms. The molecule has 1 saturated carbocycles. The van der Waals surface area contributed by atoms with Crippen molar-refractivity contribution in [2.75, 3.05) is 0 Å². The summed E-state index contributed by atoms with van der Waals surface area (Å²) in [7, 11) is 0. The standard InChI is InChI=1S/C24H38/c1-6-9-18(4)16-23-14-15-24(17-19(23)5)22-12-10-21(11-13-22)20(7-2)8-3/h6,9-13,18-20,23-24H,7-8,14-17H2,1-5H3/b9-6+. The number of rotatable bonds is 7. The zero-order valence-corrected chi connectivity index (χ0v) is 16.6. The monoisotopic (exact) mass is 326 g/mol. The summed E-state index contributed by atoms with van der Waals surface area (Å²) >= 11 is 0. The molecule has 0 heterocycles. The van der Waals surface area contributed by atoms with E-state index in [9.17, 15) is 0 Å². The third kappa shape index (κ3) is 4.98. The number of allylic oxidation sites excluding steroid dienone is 2. The summed E-state index contributed by atoms with van der Waals surface area (Å²) in [6.07, 6.45) is 12.6. The Balaban J connectivity index is 1.95. The fourth-order valence-corrected chi connectivity index (χ4v) is 4.80. The molecule has 24 heavy (non-hydrogen) atoms. The highest BCUT2D eigenvalue weighted by molar-refractivity contribution is 5.28. The third-order valence-corrected chi connectivity index (χ3v) is 6.41. The van der Waals surface area contributed by atoms with Crippen LogP contribution in [0.5, 0.6) is 0 Å². The third-order valence-electron chi connectivity index (χ3n) is 6.41. The summed E-state index contributed by atoms with van der Waals surface area (Å²) in [4.78, 5) is 0. The molecule has 0 nitrogen and oxygen atoms in total. The van der Waals surface area contributed by atoms with Crippen LogP contribution in [-0.4, -0.2) is 0 Å². The molecular weight excluding hydrogens is 288 g/mol. The molecule has 0 spiro atoms. The van der Waals surface area contributed by atoms with Crippen LogP contribution in [0, 0.1) is 17.8 Å². The normalized spacial score (nSPS) is 26.2. The predicted octanol–water partition coefficient (Wildman–Crippen LogP) is 7.71. The highest BCUT2D eigenvalue weighted by atomic mass is 14.3. The highest BCUT2D eigenvalue weighted by Gasteiger charge is 2.29. The van der Waals surface area contributed by atoms with E-state index in [-0.39, 0.29) is 0 Å². The first-order chi connectivity index (χ1) is 11.6. The van der Waals surface area contributed by atoms with Gasteiger partial charge in [-0.1, -0.05) is 64.1 Å². The van der Waals surface area contributed by atoms with Gasteiger partial charge >= 0.3 is 0 Å². The van der Waals surface area contributed by atoms with Gasteiger partial charge in [-0.15, -0.1) is 0 Å². The molecule has 0 saturated heterocycles. The molecular formula is C24H38. The van der Waals surface area contributed by atoms with Gasteiger partial charge in [-0.25, -0.2) is 0 Å². The van der Waals surface area contributed by atoms with Gasteiger partial charge < -0.3 is 0 Å². The van der Waals surface area contributed by atoms with Gasteiger partial charge in [0.2, 0.25) is 0 Å². The first-order valence-electron chi connectivity index (χ1n) is 10.3. The lowest BCUT2D eigenvalue weighted by Crippen LogP contribution is -2.23. The second kappa shape index (κ2) is 9.44. The van der Waals surface area contributed by atoms with Crippen molar-refractivity contribution in [2.45, 2.75) is 85.0 Å². The Morgan fingerprint density at radius 2 is 1.75 bits per heavy atom. The SMILES string of the molecule is C/C=C/C(C)CC1CCC(c2ccc(C(CC)CC)cc2)CC1C. The molecule has 1 aliphatic rings. The van der Waals surface area contributed by atoms with E-state index >= 15 is 0 Å². The van der Waals surface area contributed by atoms with Crippen molar-refractivity contribution in [1.29, 1.82) is 0 Å². The Morgan fingerprint density at radius 3 is 2.29 bits per heavy atom. The quantitative estimate of drug-likeness (QED) is 0.450. The van der Waals surface area contributed by atoms with Crippen molar-refractivity contribution in [3.63, 3.8) is 0 Å². The van der Waals surface area contributed by atoms with Crippen molar-refractivity contribution in [3.05, 3.63) is 47.5 Å². The number of benzene rings is 1. The van der Waals surface area contributed by atoms with E-state index in [1.54, 1.807) is 5.56 Å². The molecule has 4 atom stereocenters. The number of hydrogen-bond donors (Lipinski definition) is 0. The van der Waals surface area contributed by atoms with Gasteiger partial charge in [0.25, 0.3) is 0 Å². The van der Waals surface area contributed by atoms with Crippen molar-refractivity contribution >= 4 is 0 Å². The Morgan fingerprint density at radius 1 is 1.08 bits per heavy atom. The minimum absolute atomic E-state index is 0.735. The molecule has 0 aromatic heterocycles. The molecule has 0 aliphatic heterocycles. The smallest absolute Gasteiger partial charge is 0.0159 e. The average Bonchev–Trinajstić information content (AvgIpc) is 2.59. The van der Waals surface area contributed by atoms with Crippen LogP contribution >= 0.6 is 0 Å². The maximum atomic E-state index is 2.48. The van der Waals surface area contributed by atoms with Gasteiger partial charge in [0.1, 0.15) is 0 Å².